The zero-order valence-electron chi connectivity index (χ0n) is 17.9. The molecule has 1 aliphatic heterocycles. The van der Waals surface area contributed by atoms with Gasteiger partial charge < -0.3 is 14.6 Å². The number of alkyl halides is 3. The molecule has 1 aromatic heterocycles. The summed E-state index contributed by atoms with van der Waals surface area (Å²) in [4.78, 5) is 31.2. The van der Waals surface area contributed by atoms with E-state index in [4.69, 9.17) is 16.3 Å². The summed E-state index contributed by atoms with van der Waals surface area (Å²) in [6.45, 7) is 0. The molecule has 0 spiro atoms. The van der Waals surface area contributed by atoms with Gasteiger partial charge in [0.15, 0.2) is 0 Å². The first-order chi connectivity index (χ1) is 16.6. The minimum atomic E-state index is -4.96. The molecular weight excluding hydrogens is 489 g/mol. The quantitative estimate of drug-likeness (QED) is 0.289. The van der Waals surface area contributed by atoms with Crippen LogP contribution in [0.5, 0.6) is 11.5 Å². The Kier molecular flexibility index (Phi) is 6.40. The second-order valence-corrected chi connectivity index (χ2v) is 7.75. The lowest BCUT2D eigenvalue weighted by molar-refractivity contribution is -0.274. The maximum absolute atomic E-state index is 13.2. The van der Waals surface area contributed by atoms with Gasteiger partial charge >= 0.3 is 6.36 Å². The number of aliphatic hydroxyl groups excluding tert-OH is 1. The van der Waals surface area contributed by atoms with Gasteiger partial charge in [0.25, 0.3) is 11.7 Å². The van der Waals surface area contributed by atoms with Crippen LogP contribution in [0.25, 0.3) is 5.76 Å². The summed E-state index contributed by atoms with van der Waals surface area (Å²) in [5.74, 6) is -2.93. The maximum atomic E-state index is 13.2. The number of hydrogen-bond acceptors (Lipinski definition) is 6. The van der Waals surface area contributed by atoms with Gasteiger partial charge in [0.1, 0.15) is 17.3 Å². The van der Waals surface area contributed by atoms with Crippen molar-refractivity contribution in [1.82, 2.24) is 4.98 Å². The molecule has 1 saturated heterocycles. The van der Waals surface area contributed by atoms with Gasteiger partial charge in [0, 0.05) is 29.7 Å². The topological polar surface area (TPSA) is 89.0 Å². The number of methoxy groups -OCH3 is 1. The Hall–Kier alpha value is -4.05. The Balaban J connectivity index is 1.92. The highest BCUT2D eigenvalue weighted by molar-refractivity contribution is 6.52. The lowest BCUT2D eigenvalue weighted by atomic mass is 9.95. The number of aromatic nitrogens is 1. The molecule has 7 nitrogen and oxygen atoms in total. The number of hydrogen-bond donors (Lipinski definition) is 1. The summed E-state index contributed by atoms with van der Waals surface area (Å²) >= 11 is 6.25. The van der Waals surface area contributed by atoms with Crippen LogP contribution in [0, 0.1) is 0 Å². The van der Waals surface area contributed by atoms with Crippen LogP contribution in [-0.4, -0.2) is 35.3 Å². The third kappa shape index (κ3) is 4.78. The van der Waals surface area contributed by atoms with E-state index in [1.54, 1.807) is 6.07 Å². The van der Waals surface area contributed by atoms with Crippen LogP contribution in [0.1, 0.15) is 17.2 Å². The number of nitrogens with zero attached hydrogens (tertiary/aromatic N) is 2. The minimum Gasteiger partial charge on any atom is -0.507 e. The zero-order valence-corrected chi connectivity index (χ0v) is 18.7. The molecule has 0 radical (unpaired) electrons. The molecule has 0 aliphatic carbocycles. The van der Waals surface area contributed by atoms with E-state index in [9.17, 15) is 27.9 Å². The van der Waals surface area contributed by atoms with Crippen molar-refractivity contribution in [1.29, 1.82) is 0 Å². The molecular formula is C24H16ClF3N2O5. The van der Waals surface area contributed by atoms with Crippen molar-refractivity contribution >= 4 is 34.7 Å². The van der Waals surface area contributed by atoms with E-state index < -0.39 is 35.6 Å². The molecule has 4 rings (SSSR count). The lowest BCUT2D eigenvalue weighted by Gasteiger charge is -2.25. The summed E-state index contributed by atoms with van der Waals surface area (Å²) in [6.07, 6.45) is -2.13. The number of aliphatic hydroxyl groups is 1. The molecule has 1 aliphatic rings. The maximum Gasteiger partial charge on any atom is 0.573 e. The Morgan fingerprint density at radius 3 is 2.43 bits per heavy atom. The van der Waals surface area contributed by atoms with Crippen molar-refractivity contribution in [2.45, 2.75) is 12.4 Å². The van der Waals surface area contributed by atoms with Gasteiger partial charge in [-0.2, -0.15) is 0 Å². The second kappa shape index (κ2) is 9.30. The SMILES string of the molecule is COc1ccc(Cl)c(/C(O)=C2\C(=O)C(=O)N(c3cccc(OC(F)(F)F)c3)C2c2ccncc2)c1. The van der Waals surface area contributed by atoms with E-state index in [0.717, 1.165) is 17.0 Å². The molecule has 1 amide bonds. The average Bonchev–Trinajstić information content (AvgIpc) is 3.09. The van der Waals surface area contributed by atoms with Gasteiger partial charge in [-0.25, -0.2) is 0 Å². The Morgan fingerprint density at radius 2 is 1.77 bits per heavy atom. The molecule has 11 heteroatoms. The van der Waals surface area contributed by atoms with E-state index >= 15 is 0 Å². The fourth-order valence-corrected chi connectivity index (χ4v) is 3.96. The van der Waals surface area contributed by atoms with Crippen LogP contribution in [0.2, 0.25) is 5.02 Å². The Bertz CT molecular complexity index is 1330. The summed E-state index contributed by atoms with van der Waals surface area (Å²) in [7, 11) is 1.40. The highest BCUT2D eigenvalue weighted by Gasteiger charge is 2.47. The number of rotatable bonds is 5. The first kappa shape index (κ1) is 24.1. The smallest absolute Gasteiger partial charge is 0.507 e. The van der Waals surface area contributed by atoms with Crippen LogP contribution in [0.4, 0.5) is 18.9 Å². The van der Waals surface area contributed by atoms with Crippen molar-refractivity contribution in [2.24, 2.45) is 0 Å². The van der Waals surface area contributed by atoms with Crippen molar-refractivity contribution in [2.75, 3.05) is 12.0 Å². The number of pyridine rings is 1. The number of carbonyl (C=O) groups is 2. The molecule has 180 valence electrons. The highest BCUT2D eigenvalue weighted by atomic mass is 35.5. The second-order valence-electron chi connectivity index (χ2n) is 7.34. The van der Waals surface area contributed by atoms with Crippen molar-refractivity contribution in [3.63, 3.8) is 0 Å². The zero-order chi connectivity index (χ0) is 25.3. The van der Waals surface area contributed by atoms with E-state index in [1.807, 2.05) is 0 Å². The van der Waals surface area contributed by atoms with Crippen molar-refractivity contribution in [3.8, 4) is 11.5 Å². The lowest BCUT2D eigenvalue weighted by Crippen LogP contribution is -2.29. The molecule has 1 atom stereocenters. The van der Waals surface area contributed by atoms with Gasteiger partial charge in [-0.1, -0.05) is 17.7 Å². The van der Waals surface area contributed by atoms with Gasteiger partial charge in [-0.3, -0.25) is 19.5 Å². The molecule has 2 heterocycles. The monoisotopic (exact) mass is 504 g/mol. The van der Waals surface area contributed by atoms with Crippen LogP contribution >= 0.6 is 11.6 Å². The minimum absolute atomic E-state index is 0.0391. The van der Waals surface area contributed by atoms with Gasteiger partial charge in [-0.15, -0.1) is 13.2 Å². The largest absolute Gasteiger partial charge is 0.573 e. The number of benzene rings is 2. The summed E-state index contributed by atoms with van der Waals surface area (Å²) < 4.78 is 47.4. The average molecular weight is 505 g/mol. The number of Topliss-reactive ketones (excluding diaryl/α,β-unsaturated/α-hetero) is 1. The van der Waals surface area contributed by atoms with E-state index in [2.05, 4.69) is 9.72 Å². The number of anilines is 1. The van der Waals surface area contributed by atoms with Gasteiger partial charge in [0.2, 0.25) is 0 Å². The number of amides is 1. The molecule has 0 saturated carbocycles. The van der Waals surface area contributed by atoms with Crippen LogP contribution in [0.3, 0.4) is 0 Å². The summed E-state index contributed by atoms with van der Waals surface area (Å²) in [5.41, 5.74) is 0.0593. The number of ether oxygens (including phenoxy) is 2. The molecule has 35 heavy (non-hydrogen) atoms. The summed E-state index contributed by atoms with van der Waals surface area (Å²) in [5, 5.41) is 11.3. The molecule has 1 N–H and O–H groups in total. The fraction of sp³-hybridized carbons (Fsp3) is 0.125. The molecule has 2 aromatic carbocycles. The van der Waals surface area contributed by atoms with Gasteiger partial charge in [0.05, 0.1) is 23.7 Å². The number of carbonyl (C=O) groups excluding carboxylic acids is 2. The Labute approximate surface area is 202 Å². The van der Waals surface area contributed by atoms with Crippen LogP contribution < -0.4 is 14.4 Å². The van der Waals surface area contributed by atoms with Gasteiger partial charge in [-0.05, 0) is 48.0 Å². The van der Waals surface area contributed by atoms with Crippen LogP contribution in [0.15, 0.2) is 72.6 Å². The van der Waals surface area contributed by atoms with E-state index in [1.165, 1.54) is 55.9 Å². The van der Waals surface area contributed by atoms with E-state index in [-0.39, 0.29) is 21.8 Å². The normalized spacial score (nSPS) is 17.5. The molecule has 0 bridgehead atoms. The first-order valence-corrected chi connectivity index (χ1v) is 10.4. The predicted molar refractivity (Wildman–Crippen MR) is 120 cm³/mol. The number of halogens is 4. The van der Waals surface area contributed by atoms with Crippen LogP contribution in [-0.2, 0) is 9.59 Å². The molecule has 1 fully saturated rings. The number of ketones is 1. The standard InChI is InChI=1S/C24H16ClF3N2O5/c1-34-15-5-6-18(25)17(12-15)21(31)19-20(13-7-9-29-10-8-13)30(23(33)22(19)32)14-3-2-4-16(11-14)35-24(26,27)28/h2-12,20,31H,1H3/b21-19+. The third-order valence-corrected chi connectivity index (χ3v) is 5.55. The fourth-order valence-electron chi connectivity index (χ4n) is 3.75. The summed E-state index contributed by atoms with van der Waals surface area (Å²) in [6, 6.07) is 10.9. The van der Waals surface area contributed by atoms with E-state index in [0.29, 0.717) is 11.3 Å². The van der Waals surface area contributed by atoms with Crippen molar-refractivity contribution in [3.05, 3.63) is 88.7 Å². The molecule has 1 unspecified atom stereocenters. The Morgan fingerprint density at radius 1 is 1.06 bits per heavy atom. The highest BCUT2D eigenvalue weighted by Crippen LogP contribution is 2.44. The first-order valence-electron chi connectivity index (χ1n) is 10.0. The van der Waals surface area contributed by atoms with Crippen molar-refractivity contribution < 1.29 is 37.3 Å². The molecule has 3 aromatic rings. The predicted octanol–water partition coefficient (Wildman–Crippen LogP) is 5.27. The third-order valence-electron chi connectivity index (χ3n) is 5.22.